The predicted octanol–water partition coefficient (Wildman–Crippen LogP) is 4.69. The van der Waals surface area contributed by atoms with Gasteiger partial charge in [0.2, 0.25) is 12.7 Å². The van der Waals surface area contributed by atoms with Gasteiger partial charge in [0.15, 0.2) is 11.5 Å². The molecule has 0 radical (unpaired) electrons. The van der Waals surface area contributed by atoms with Crippen LogP contribution in [0.15, 0.2) is 60.8 Å². The van der Waals surface area contributed by atoms with Crippen molar-refractivity contribution in [1.29, 1.82) is 0 Å². The van der Waals surface area contributed by atoms with E-state index >= 15 is 0 Å². The molecule has 2 fully saturated rings. The largest absolute Gasteiger partial charge is 0.496 e. The Morgan fingerprint density at radius 3 is 2.74 bits per heavy atom. The molecule has 1 saturated heterocycles. The summed E-state index contributed by atoms with van der Waals surface area (Å²) in [7, 11) is 3.46. The molecule has 1 N–H and O–H groups in total. The van der Waals surface area contributed by atoms with Crippen LogP contribution < -0.4 is 19.5 Å². The highest BCUT2D eigenvalue weighted by atomic mass is 16.7. The van der Waals surface area contributed by atoms with Gasteiger partial charge in [-0.3, -0.25) is 9.69 Å². The summed E-state index contributed by atoms with van der Waals surface area (Å²) >= 11 is 0. The lowest BCUT2D eigenvalue weighted by molar-refractivity contribution is -0.118. The summed E-state index contributed by atoms with van der Waals surface area (Å²) in [4.78, 5) is 20.5. The number of benzene rings is 2. The zero-order valence-electron chi connectivity index (χ0n) is 21.8. The lowest BCUT2D eigenvalue weighted by Crippen LogP contribution is -2.37. The number of hydrogen-bond acceptors (Lipinski definition) is 7. The monoisotopic (exact) mass is 515 g/mol. The first-order valence-electron chi connectivity index (χ1n) is 13.2. The first-order valence-corrected chi connectivity index (χ1v) is 13.2. The van der Waals surface area contributed by atoms with Gasteiger partial charge in [0.05, 0.1) is 25.2 Å². The number of pyridine rings is 1. The number of para-hydroxylation sites is 1. The number of anilines is 1. The van der Waals surface area contributed by atoms with Gasteiger partial charge in [-0.05, 0) is 67.6 Å². The molecule has 2 atom stereocenters. The number of carbonyl (C=O) groups excluding carboxylic acids is 1. The van der Waals surface area contributed by atoms with Gasteiger partial charge in [0.25, 0.3) is 0 Å². The maximum Gasteiger partial charge on any atom is 0.236 e. The van der Waals surface area contributed by atoms with Crippen molar-refractivity contribution in [3.63, 3.8) is 0 Å². The van der Waals surface area contributed by atoms with Crippen molar-refractivity contribution in [2.45, 2.75) is 43.2 Å². The number of carbonyl (C=O) groups is 1. The third-order valence-corrected chi connectivity index (χ3v) is 8.00. The van der Waals surface area contributed by atoms with Crippen molar-refractivity contribution in [1.82, 2.24) is 9.88 Å². The molecule has 1 amide bonds. The first-order chi connectivity index (χ1) is 18.6. The predicted molar refractivity (Wildman–Crippen MR) is 143 cm³/mol. The Hall–Kier alpha value is -3.62. The molecule has 1 unspecified atom stereocenters. The number of nitrogens with zero attached hydrogens (tertiary/aromatic N) is 2. The maximum absolute atomic E-state index is 13.4. The number of nitrogens with one attached hydrogen (secondary N) is 1. The number of methoxy groups -OCH3 is 2. The number of hydrogen-bond donors (Lipinski definition) is 1. The number of likely N-dealkylation sites (tertiary alicyclic amines) is 1. The van der Waals surface area contributed by atoms with Crippen LogP contribution in [0.5, 0.6) is 17.2 Å². The van der Waals surface area contributed by atoms with E-state index in [-0.39, 0.29) is 18.7 Å². The van der Waals surface area contributed by atoms with Crippen LogP contribution in [0.25, 0.3) is 0 Å². The lowest BCUT2D eigenvalue weighted by Gasteiger charge is -2.34. The smallest absolute Gasteiger partial charge is 0.236 e. The van der Waals surface area contributed by atoms with Gasteiger partial charge in [-0.15, -0.1) is 0 Å². The van der Waals surface area contributed by atoms with E-state index in [1.54, 1.807) is 14.2 Å². The average molecular weight is 516 g/mol. The Kier molecular flexibility index (Phi) is 6.68. The van der Waals surface area contributed by atoms with Gasteiger partial charge >= 0.3 is 0 Å². The summed E-state index contributed by atoms with van der Waals surface area (Å²) in [5.74, 6) is 2.76. The molecule has 3 aliphatic rings. The Bertz CT molecular complexity index is 1310. The number of ether oxygens (including phenoxy) is 4. The number of aromatic nitrogens is 1. The fourth-order valence-corrected chi connectivity index (χ4v) is 5.85. The minimum atomic E-state index is -0.551. The number of amides is 1. The van der Waals surface area contributed by atoms with Gasteiger partial charge < -0.3 is 24.3 Å². The van der Waals surface area contributed by atoms with E-state index in [2.05, 4.69) is 27.3 Å². The van der Waals surface area contributed by atoms with E-state index in [1.165, 1.54) is 0 Å². The maximum atomic E-state index is 13.4. The summed E-state index contributed by atoms with van der Waals surface area (Å²) in [5, 5.41) is 3.06. The Balaban J connectivity index is 1.25. The normalized spacial score (nSPS) is 20.2. The molecule has 1 aromatic heterocycles. The van der Waals surface area contributed by atoms with Crippen molar-refractivity contribution in [3.8, 4) is 17.2 Å². The fourth-order valence-electron chi connectivity index (χ4n) is 5.85. The van der Waals surface area contributed by atoms with E-state index in [0.717, 1.165) is 60.4 Å². The minimum absolute atomic E-state index is 0.0329. The molecule has 38 heavy (non-hydrogen) atoms. The number of rotatable bonds is 9. The molecule has 3 aromatic rings. The molecule has 3 heterocycles. The SMILES string of the molecule is COC[C@@H]1CCCN1C(c1ccc(NC(=O)C2(c3ccc4c(c3)OCO4)CC2)nc1)c1ccccc1OC. The van der Waals surface area contributed by atoms with Gasteiger partial charge in [0, 0.05) is 24.9 Å². The van der Waals surface area contributed by atoms with Gasteiger partial charge in [0.1, 0.15) is 11.6 Å². The summed E-state index contributed by atoms with van der Waals surface area (Å²) in [6.45, 7) is 1.86. The van der Waals surface area contributed by atoms with Gasteiger partial charge in [-0.25, -0.2) is 4.98 Å². The molecule has 8 nitrogen and oxygen atoms in total. The second-order valence-electron chi connectivity index (χ2n) is 10.2. The van der Waals surface area contributed by atoms with Crippen molar-refractivity contribution < 1.29 is 23.7 Å². The lowest BCUT2D eigenvalue weighted by atomic mass is 9.94. The van der Waals surface area contributed by atoms with Crippen LogP contribution >= 0.6 is 0 Å². The molecule has 0 spiro atoms. The molecule has 2 aromatic carbocycles. The molecule has 1 saturated carbocycles. The Morgan fingerprint density at radius 2 is 1.97 bits per heavy atom. The standard InChI is InChI=1S/C30H33N3O5/c1-35-18-22-6-5-15-33(22)28(23-7-3-4-8-24(23)36-2)20-9-12-27(31-17-20)32-29(34)30(13-14-30)21-10-11-25-26(16-21)38-19-37-25/h3-4,7-12,16-17,22,28H,5-6,13-15,18-19H2,1-2H3,(H,31,32,34)/t22-,28?/m0/s1. The molecule has 8 heteroatoms. The van der Waals surface area contributed by atoms with Crippen molar-refractivity contribution in [3.05, 3.63) is 77.5 Å². The van der Waals surface area contributed by atoms with E-state index < -0.39 is 5.41 Å². The fraction of sp³-hybridized carbons (Fsp3) is 0.400. The summed E-state index contributed by atoms with van der Waals surface area (Å²) < 4.78 is 22.2. The van der Waals surface area contributed by atoms with Crippen LogP contribution in [0.2, 0.25) is 0 Å². The quantitative estimate of drug-likeness (QED) is 0.443. The van der Waals surface area contributed by atoms with Gasteiger partial charge in [-0.1, -0.05) is 30.3 Å². The van der Waals surface area contributed by atoms with Crippen LogP contribution in [0.4, 0.5) is 5.82 Å². The molecule has 2 aliphatic heterocycles. The summed E-state index contributed by atoms with van der Waals surface area (Å²) in [6.07, 6.45) is 5.66. The minimum Gasteiger partial charge on any atom is -0.496 e. The number of fused-ring (bicyclic) bond motifs is 1. The molecular weight excluding hydrogens is 482 g/mol. The van der Waals surface area contributed by atoms with E-state index in [1.807, 2.05) is 48.7 Å². The summed E-state index contributed by atoms with van der Waals surface area (Å²) in [6, 6.07) is 18.1. The Morgan fingerprint density at radius 1 is 1.13 bits per heavy atom. The molecule has 1 aliphatic carbocycles. The average Bonchev–Trinajstić information content (AvgIpc) is 3.42. The molecule has 198 valence electrons. The van der Waals surface area contributed by atoms with Gasteiger partial charge in [-0.2, -0.15) is 0 Å². The van der Waals surface area contributed by atoms with Crippen molar-refractivity contribution in [2.75, 3.05) is 39.5 Å². The highest BCUT2D eigenvalue weighted by Gasteiger charge is 2.51. The molecule has 6 rings (SSSR count). The zero-order valence-corrected chi connectivity index (χ0v) is 21.8. The van der Waals surface area contributed by atoms with Crippen LogP contribution in [-0.2, 0) is 14.9 Å². The molecular formula is C30H33N3O5. The van der Waals surface area contributed by atoms with E-state index in [9.17, 15) is 4.79 Å². The third kappa shape index (κ3) is 4.48. The van der Waals surface area contributed by atoms with Crippen molar-refractivity contribution in [2.24, 2.45) is 0 Å². The van der Waals surface area contributed by atoms with Crippen LogP contribution in [-0.4, -0.2) is 56.0 Å². The highest BCUT2D eigenvalue weighted by molar-refractivity contribution is 6.01. The zero-order chi connectivity index (χ0) is 26.1. The first kappa shape index (κ1) is 24.7. The summed E-state index contributed by atoms with van der Waals surface area (Å²) in [5.41, 5.74) is 2.54. The van der Waals surface area contributed by atoms with Crippen LogP contribution in [0.3, 0.4) is 0 Å². The highest BCUT2D eigenvalue weighted by Crippen LogP contribution is 2.51. The second-order valence-corrected chi connectivity index (χ2v) is 10.2. The second kappa shape index (κ2) is 10.3. The van der Waals surface area contributed by atoms with E-state index in [4.69, 9.17) is 18.9 Å². The topological polar surface area (TPSA) is 82.2 Å². The van der Waals surface area contributed by atoms with Crippen LogP contribution in [0.1, 0.15) is 48.4 Å². The van der Waals surface area contributed by atoms with Crippen LogP contribution in [0, 0.1) is 0 Å². The third-order valence-electron chi connectivity index (χ3n) is 8.00. The Labute approximate surface area is 222 Å². The molecule has 0 bridgehead atoms. The van der Waals surface area contributed by atoms with E-state index in [0.29, 0.717) is 24.2 Å². The van der Waals surface area contributed by atoms with Crippen molar-refractivity contribution >= 4 is 11.7 Å².